The van der Waals surface area contributed by atoms with Crippen LogP contribution in [0.15, 0.2) is 46.5 Å². The molecule has 0 amide bonds. The summed E-state index contributed by atoms with van der Waals surface area (Å²) in [7, 11) is -3.66. The van der Waals surface area contributed by atoms with Gasteiger partial charge in [-0.1, -0.05) is 11.8 Å². The molecule has 2 aromatic carbocycles. The van der Waals surface area contributed by atoms with E-state index in [-0.39, 0.29) is 22.3 Å². The molecule has 0 saturated carbocycles. The van der Waals surface area contributed by atoms with Crippen LogP contribution in [0.1, 0.15) is 18.4 Å². The predicted molar refractivity (Wildman–Crippen MR) is 124 cm³/mol. The van der Waals surface area contributed by atoms with Gasteiger partial charge in [-0.15, -0.1) is 0 Å². The second-order valence-corrected chi connectivity index (χ2v) is 11.2. The van der Waals surface area contributed by atoms with Gasteiger partial charge in [0, 0.05) is 31.0 Å². The molecule has 182 valence electrons. The standard InChI is InChI=1S/C23H25F2N3O4S2/c24-17-3-5-20(25)16(12-17)15-33-23-26-21-13-19(34(29,30)27-7-10-31-11-8-27)4-6-22(21)28(23)14-18-2-1-9-32-18/h3-6,12-13,18H,1-2,7-11,14-15H2. The Balaban J connectivity index is 1.48. The fraction of sp³-hybridized carbons (Fsp3) is 0.435. The number of morpholine rings is 1. The number of thioether (sulfide) groups is 1. The van der Waals surface area contributed by atoms with Gasteiger partial charge in [0.15, 0.2) is 5.16 Å². The van der Waals surface area contributed by atoms with Crippen molar-refractivity contribution in [1.82, 2.24) is 13.9 Å². The lowest BCUT2D eigenvalue weighted by Crippen LogP contribution is -2.40. The molecule has 0 N–H and O–H groups in total. The summed E-state index contributed by atoms with van der Waals surface area (Å²) in [5.74, 6) is -0.783. The summed E-state index contributed by atoms with van der Waals surface area (Å²) in [5.41, 5.74) is 1.56. The molecule has 5 rings (SSSR count). The maximum atomic E-state index is 14.2. The molecule has 11 heteroatoms. The fourth-order valence-electron chi connectivity index (χ4n) is 4.26. The molecule has 2 aliphatic rings. The number of fused-ring (bicyclic) bond motifs is 1. The molecule has 7 nitrogen and oxygen atoms in total. The first-order valence-corrected chi connectivity index (χ1v) is 13.6. The quantitative estimate of drug-likeness (QED) is 0.451. The van der Waals surface area contributed by atoms with E-state index in [1.165, 1.54) is 22.1 Å². The zero-order valence-corrected chi connectivity index (χ0v) is 20.1. The van der Waals surface area contributed by atoms with Crippen molar-refractivity contribution in [1.29, 1.82) is 0 Å². The monoisotopic (exact) mass is 509 g/mol. The van der Waals surface area contributed by atoms with Crippen LogP contribution in [0, 0.1) is 11.6 Å². The lowest BCUT2D eigenvalue weighted by molar-refractivity contribution is 0.0730. The summed E-state index contributed by atoms with van der Waals surface area (Å²) in [6.07, 6.45) is 1.93. The largest absolute Gasteiger partial charge is 0.379 e. The number of rotatable bonds is 7. The topological polar surface area (TPSA) is 73.7 Å². The average Bonchev–Trinajstić information content (AvgIpc) is 3.48. The van der Waals surface area contributed by atoms with Crippen molar-refractivity contribution >= 4 is 32.8 Å². The molecule has 2 fully saturated rings. The zero-order valence-electron chi connectivity index (χ0n) is 18.5. The van der Waals surface area contributed by atoms with E-state index in [2.05, 4.69) is 4.98 Å². The van der Waals surface area contributed by atoms with Crippen molar-refractivity contribution in [2.75, 3.05) is 32.9 Å². The molecule has 2 aliphatic heterocycles. The number of hydrogen-bond donors (Lipinski definition) is 0. The van der Waals surface area contributed by atoms with E-state index in [9.17, 15) is 17.2 Å². The summed E-state index contributed by atoms with van der Waals surface area (Å²) in [5, 5.41) is 0.607. The lowest BCUT2D eigenvalue weighted by atomic mass is 10.2. The number of aromatic nitrogens is 2. The van der Waals surface area contributed by atoms with Gasteiger partial charge < -0.3 is 14.0 Å². The molecule has 1 unspecified atom stereocenters. The Morgan fingerprint density at radius 2 is 1.91 bits per heavy atom. The minimum atomic E-state index is -3.66. The lowest BCUT2D eigenvalue weighted by Gasteiger charge is -2.26. The third-order valence-corrected chi connectivity index (χ3v) is 8.99. The number of nitrogens with zero attached hydrogens (tertiary/aromatic N) is 3. The van der Waals surface area contributed by atoms with Crippen LogP contribution < -0.4 is 0 Å². The molecule has 0 spiro atoms. The highest BCUT2D eigenvalue weighted by Crippen LogP contribution is 2.31. The van der Waals surface area contributed by atoms with Gasteiger partial charge in [0.05, 0.1) is 41.8 Å². The molecule has 2 saturated heterocycles. The molecule has 0 radical (unpaired) electrons. The minimum Gasteiger partial charge on any atom is -0.379 e. The number of sulfonamides is 1. The number of imidazole rings is 1. The highest BCUT2D eigenvalue weighted by atomic mass is 32.2. The molecule has 1 aromatic heterocycles. The number of ether oxygens (including phenoxy) is 2. The third-order valence-electron chi connectivity index (χ3n) is 6.07. The van der Waals surface area contributed by atoms with Crippen molar-refractivity contribution in [2.24, 2.45) is 0 Å². The van der Waals surface area contributed by atoms with E-state index >= 15 is 0 Å². The Morgan fingerprint density at radius 1 is 1.09 bits per heavy atom. The van der Waals surface area contributed by atoms with Crippen molar-refractivity contribution < 1.29 is 26.7 Å². The van der Waals surface area contributed by atoms with Crippen molar-refractivity contribution in [2.45, 2.75) is 41.3 Å². The van der Waals surface area contributed by atoms with E-state index in [1.54, 1.807) is 18.2 Å². The van der Waals surface area contributed by atoms with Gasteiger partial charge in [-0.05, 0) is 49.2 Å². The Hall–Kier alpha value is -2.05. The van der Waals surface area contributed by atoms with Crippen molar-refractivity contribution in [3.8, 4) is 0 Å². The van der Waals surface area contributed by atoms with Crippen LogP contribution in [0.5, 0.6) is 0 Å². The van der Waals surface area contributed by atoms with E-state index in [0.717, 1.165) is 30.5 Å². The third kappa shape index (κ3) is 4.85. The van der Waals surface area contributed by atoms with E-state index in [0.29, 0.717) is 50.1 Å². The SMILES string of the molecule is O=S(=O)(c1ccc2c(c1)nc(SCc1cc(F)ccc1F)n2CC1CCCO1)N1CCOCC1. The Kier molecular flexibility index (Phi) is 6.90. The van der Waals surface area contributed by atoms with Crippen LogP contribution in [-0.4, -0.2) is 61.3 Å². The first-order chi connectivity index (χ1) is 16.4. The fourth-order valence-corrected chi connectivity index (χ4v) is 6.68. The van der Waals surface area contributed by atoms with Gasteiger partial charge in [0.25, 0.3) is 0 Å². The Morgan fingerprint density at radius 3 is 2.68 bits per heavy atom. The van der Waals surface area contributed by atoms with E-state index in [1.807, 2.05) is 4.57 Å². The molecule has 3 aromatic rings. The summed E-state index contributed by atoms with van der Waals surface area (Å²) < 4.78 is 68.5. The van der Waals surface area contributed by atoms with Crippen LogP contribution in [0.2, 0.25) is 0 Å². The van der Waals surface area contributed by atoms with Crippen LogP contribution in [0.3, 0.4) is 0 Å². The highest BCUT2D eigenvalue weighted by molar-refractivity contribution is 7.98. The van der Waals surface area contributed by atoms with E-state index in [4.69, 9.17) is 9.47 Å². The minimum absolute atomic E-state index is 0.0272. The molecule has 0 aliphatic carbocycles. The summed E-state index contributed by atoms with van der Waals surface area (Å²) in [4.78, 5) is 4.86. The molecular weight excluding hydrogens is 484 g/mol. The number of hydrogen-bond acceptors (Lipinski definition) is 6. The molecule has 34 heavy (non-hydrogen) atoms. The maximum absolute atomic E-state index is 14.2. The highest BCUT2D eigenvalue weighted by Gasteiger charge is 2.28. The summed E-state index contributed by atoms with van der Waals surface area (Å²) in [6, 6.07) is 8.33. The van der Waals surface area contributed by atoms with Gasteiger partial charge in [0.2, 0.25) is 10.0 Å². The van der Waals surface area contributed by atoms with Crippen LogP contribution in [0.4, 0.5) is 8.78 Å². The smallest absolute Gasteiger partial charge is 0.243 e. The van der Waals surface area contributed by atoms with Crippen LogP contribution in [-0.2, 0) is 31.8 Å². The molecule has 0 bridgehead atoms. The van der Waals surface area contributed by atoms with E-state index < -0.39 is 21.7 Å². The Bertz CT molecular complexity index is 1290. The average molecular weight is 510 g/mol. The van der Waals surface area contributed by atoms with Gasteiger partial charge in [0.1, 0.15) is 11.6 Å². The Labute approximate surface area is 201 Å². The second kappa shape index (κ2) is 9.90. The van der Waals surface area contributed by atoms with Crippen molar-refractivity contribution in [3.63, 3.8) is 0 Å². The first-order valence-electron chi connectivity index (χ1n) is 11.2. The van der Waals surface area contributed by atoms with Crippen molar-refractivity contribution in [3.05, 3.63) is 53.6 Å². The van der Waals surface area contributed by atoms with Gasteiger partial charge in [-0.2, -0.15) is 4.31 Å². The predicted octanol–water partition coefficient (Wildman–Crippen LogP) is 3.81. The molecular formula is C23H25F2N3O4S2. The van der Waals surface area contributed by atoms with Gasteiger partial charge in [-0.3, -0.25) is 0 Å². The second-order valence-electron chi connectivity index (χ2n) is 8.33. The van der Waals surface area contributed by atoms with Gasteiger partial charge in [-0.25, -0.2) is 22.2 Å². The van der Waals surface area contributed by atoms with Crippen LogP contribution >= 0.6 is 11.8 Å². The number of halogens is 2. The molecule has 3 heterocycles. The summed E-state index contributed by atoms with van der Waals surface area (Å²) in [6.45, 7) is 2.63. The first kappa shape index (κ1) is 23.7. The van der Waals surface area contributed by atoms with Crippen LogP contribution in [0.25, 0.3) is 11.0 Å². The molecule has 1 atom stereocenters. The zero-order chi connectivity index (χ0) is 23.7. The maximum Gasteiger partial charge on any atom is 0.243 e. The number of benzene rings is 2. The normalized spacial score (nSPS) is 19.8. The summed E-state index contributed by atoms with van der Waals surface area (Å²) >= 11 is 1.29. The van der Waals surface area contributed by atoms with Gasteiger partial charge >= 0.3 is 0 Å².